The predicted molar refractivity (Wildman–Crippen MR) is 140 cm³/mol. The highest BCUT2D eigenvalue weighted by Crippen LogP contribution is 2.28. The van der Waals surface area contributed by atoms with E-state index in [1.807, 2.05) is 48.8 Å². The van der Waals surface area contributed by atoms with Gasteiger partial charge in [0.15, 0.2) is 5.82 Å². The number of carbonyl (C=O) groups is 1. The Bertz CT molecular complexity index is 995. The van der Waals surface area contributed by atoms with Crippen LogP contribution in [0.15, 0.2) is 60.9 Å². The molecule has 0 radical (unpaired) electrons. The van der Waals surface area contributed by atoms with Gasteiger partial charge in [-0.05, 0) is 41.5 Å². The van der Waals surface area contributed by atoms with E-state index in [-0.39, 0.29) is 0 Å². The van der Waals surface area contributed by atoms with Crippen LogP contribution < -0.4 is 0 Å². The molecule has 1 unspecified atom stereocenters. The summed E-state index contributed by atoms with van der Waals surface area (Å²) in [6, 6.07) is 16.2. The minimum Gasteiger partial charge on any atom is -0.481 e. The first-order chi connectivity index (χ1) is 16.6. The molecule has 0 aliphatic rings. The lowest BCUT2D eigenvalue weighted by molar-refractivity contribution is -0.139. The summed E-state index contributed by atoms with van der Waals surface area (Å²) in [6.07, 6.45) is 15.1. The van der Waals surface area contributed by atoms with Crippen molar-refractivity contribution in [3.05, 3.63) is 72.1 Å². The second-order valence-corrected chi connectivity index (χ2v) is 9.17. The van der Waals surface area contributed by atoms with Crippen LogP contribution in [0.3, 0.4) is 0 Å². The van der Waals surface area contributed by atoms with Crippen LogP contribution in [0.5, 0.6) is 0 Å². The van der Waals surface area contributed by atoms with E-state index in [9.17, 15) is 9.90 Å². The van der Waals surface area contributed by atoms with Crippen molar-refractivity contribution in [3.8, 4) is 22.5 Å². The van der Waals surface area contributed by atoms with E-state index in [4.69, 9.17) is 0 Å². The maximum Gasteiger partial charge on any atom is 0.310 e. The number of carboxylic acid groups (broad SMARTS) is 1. The molecule has 1 N–H and O–H groups in total. The van der Waals surface area contributed by atoms with Gasteiger partial charge in [0.2, 0.25) is 0 Å². The van der Waals surface area contributed by atoms with Gasteiger partial charge in [-0.3, -0.25) is 4.79 Å². The average molecular weight is 459 g/mol. The van der Waals surface area contributed by atoms with E-state index in [0.29, 0.717) is 6.42 Å². The van der Waals surface area contributed by atoms with Gasteiger partial charge in [-0.25, -0.2) is 9.97 Å². The second-order valence-electron chi connectivity index (χ2n) is 9.17. The predicted octanol–water partition coefficient (Wildman–Crippen LogP) is 8.07. The van der Waals surface area contributed by atoms with E-state index in [1.165, 1.54) is 37.7 Å². The van der Waals surface area contributed by atoms with Gasteiger partial charge >= 0.3 is 5.97 Å². The van der Waals surface area contributed by atoms with E-state index < -0.39 is 11.9 Å². The number of aromatic nitrogens is 2. The lowest BCUT2D eigenvalue weighted by Gasteiger charge is -2.13. The Kier molecular flexibility index (Phi) is 10.3. The number of rotatable bonds is 14. The van der Waals surface area contributed by atoms with Crippen LogP contribution in [-0.2, 0) is 11.2 Å². The lowest BCUT2D eigenvalue weighted by atomic mass is 9.91. The Hall–Kier alpha value is -3.01. The first-order valence-corrected chi connectivity index (χ1v) is 12.9. The van der Waals surface area contributed by atoms with Crippen molar-refractivity contribution in [3.63, 3.8) is 0 Å². The van der Waals surface area contributed by atoms with E-state index in [2.05, 4.69) is 35.9 Å². The molecule has 0 bridgehead atoms. The molecule has 2 aromatic carbocycles. The minimum absolute atomic E-state index is 0.431. The monoisotopic (exact) mass is 458 g/mol. The molecule has 0 saturated heterocycles. The van der Waals surface area contributed by atoms with Crippen LogP contribution in [0.2, 0.25) is 0 Å². The summed E-state index contributed by atoms with van der Waals surface area (Å²) >= 11 is 0. The number of aryl methyl sites for hydroxylation is 1. The molecule has 4 nitrogen and oxygen atoms in total. The largest absolute Gasteiger partial charge is 0.481 e. The molecular formula is C30H38N2O2. The van der Waals surface area contributed by atoms with Crippen molar-refractivity contribution < 1.29 is 9.90 Å². The fourth-order valence-electron chi connectivity index (χ4n) is 4.32. The first-order valence-electron chi connectivity index (χ1n) is 12.9. The molecule has 0 spiro atoms. The Labute approximate surface area is 204 Å². The summed E-state index contributed by atoms with van der Waals surface area (Å²) in [5.74, 6) is -0.428. The van der Waals surface area contributed by atoms with E-state index >= 15 is 0 Å². The number of aliphatic carboxylic acids is 1. The molecule has 0 aliphatic carbocycles. The standard InChI is InChI=1S/C30H38N2O2/c1-3-5-7-8-10-11-23-21-31-29(32-22-23)27-19-15-25(16-20-27)24-13-17-26(18-14-24)28(30(33)34)12-9-6-4-2/h13-22,28H,3-12H2,1-2H3,(H,33,34). The van der Waals surface area contributed by atoms with Crippen LogP contribution in [0, 0.1) is 0 Å². The smallest absolute Gasteiger partial charge is 0.310 e. The molecule has 34 heavy (non-hydrogen) atoms. The highest BCUT2D eigenvalue weighted by atomic mass is 16.4. The molecule has 180 valence electrons. The molecule has 0 fully saturated rings. The highest BCUT2D eigenvalue weighted by Gasteiger charge is 2.19. The maximum atomic E-state index is 11.7. The molecule has 3 rings (SSSR count). The van der Waals surface area contributed by atoms with Crippen molar-refractivity contribution in [2.75, 3.05) is 0 Å². The van der Waals surface area contributed by atoms with Crippen LogP contribution in [0.4, 0.5) is 0 Å². The topological polar surface area (TPSA) is 63.1 Å². The van der Waals surface area contributed by atoms with Gasteiger partial charge in [0.05, 0.1) is 5.92 Å². The molecule has 1 atom stereocenters. The molecular weight excluding hydrogens is 420 g/mol. The van der Waals surface area contributed by atoms with Gasteiger partial charge in [-0.2, -0.15) is 0 Å². The molecule has 0 saturated carbocycles. The Morgan fingerprint density at radius 1 is 0.735 bits per heavy atom. The van der Waals surface area contributed by atoms with Gasteiger partial charge in [-0.1, -0.05) is 107 Å². The van der Waals surface area contributed by atoms with Crippen molar-refractivity contribution in [1.29, 1.82) is 0 Å². The summed E-state index contributed by atoms with van der Waals surface area (Å²) in [7, 11) is 0. The summed E-state index contributed by atoms with van der Waals surface area (Å²) in [6.45, 7) is 4.37. The molecule has 1 heterocycles. The Morgan fingerprint density at radius 3 is 1.85 bits per heavy atom. The van der Waals surface area contributed by atoms with Gasteiger partial charge in [0.25, 0.3) is 0 Å². The lowest BCUT2D eigenvalue weighted by Crippen LogP contribution is -2.11. The van der Waals surface area contributed by atoms with Crippen molar-refractivity contribution in [2.24, 2.45) is 0 Å². The van der Waals surface area contributed by atoms with Crippen LogP contribution in [-0.4, -0.2) is 21.0 Å². The fourth-order valence-corrected chi connectivity index (χ4v) is 4.32. The molecule has 3 aromatic rings. The molecule has 1 aromatic heterocycles. The number of carboxylic acids is 1. The third kappa shape index (κ3) is 7.51. The van der Waals surface area contributed by atoms with Crippen molar-refractivity contribution >= 4 is 5.97 Å². The van der Waals surface area contributed by atoms with Crippen molar-refractivity contribution in [2.45, 2.75) is 84.0 Å². The zero-order valence-electron chi connectivity index (χ0n) is 20.7. The molecule has 0 amide bonds. The number of benzene rings is 2. The zero-order chi connectivity index (χ0) is 24.2. The number of unbranched alkanes of at least 4 members (excludes halogenated alkanes) is 6. The summed E-state index contributed by atoms with van der Waals surface area (Å²) < 4.78 is 0. The zero-order valence-corrected chi connectivity index (χ0v) is 20.7. The van der Waals surface area contributed by atoms with Crippen molar-refractivity contribution in [1.82, 2.24) is 9.97 Å². The first kappa shape index (κ1) is 25.6. The molecule has 0 aliphatic heterocycles. The third-order valence-electron chi connectivity index (χ3n) is 6.46. The second kappa shape index (κ2) is 13.6. The number of hydrogen-bond acceptors (Lipinski definition) is 3. The number of hydrogen-bond donors (Lipinski definition) is 1. The SMILES string of the molecule is CCCCCCCc1cnc(-c2ccc(-c3ccc(C(CCCCC)C(=O)O)cc3)cc2)nc1. The minimum atomic E-state index is -0.740. The van der Waals surface area contributed by atoms with Gasteiger partial charge in [0, 0.05) is 18.0 Å². The summed E-state index contributed by atoms with van der Waals surface area (Å²) in [4.78, 5) is 20.9. The Morgan fingerprint density at radius 2 is 1.26 bits per heavy atom. The van der Waals surface area contributed by atoms with Crippen LogP contribution in [0.25, 0.3) is 22.5 Å². The number of nitrogens with zero attached hydrogens (tertiary/aromatic N) is 2. The maximum absolute atomic E-state index is 11.7. The van der Waals surface area contributed by atoms with Crippen LogP contribution in [0.1, 0.15) is 88.7 Å². The van der Waals surface area contributed by atoms with Gasteiger partial charge in [0.1, 0.15) is 0 Å². The van der Waals surface area contributed by atoms with E-state index in [1.54, 1.807) is 0 Å². The van der Waals surface area contributed by atoms with E-state index in [0.717, 1.165) is 53.8 Å². The quantitative estimate of drug-likeness (QED) is 0.248. The van der Waals surface area contributed by atoms with Gasteiger partial charge < -0.3 is 5.11 Å². The third-order valence-corrected chi connectivity index (χ3v) is 6.46. The average Bonchev–Trinajstić information content (AvgIpc) is 2.87. The summed E-state index contributed by atoms with van der Waals surface area (Å²) in [5.41, 5.74) is 5.25. The van der Waals surface area contributed by atoms with Gasteiger partial charge in [-0.15, -0.1) is 0 Å². The summed E-state index contributed by atoms with van der Waals surface area (Å²) in [5, 5.41) is 9.63. The normalized spacial score (nSPS) is 11.9. The fraction of sp³-hybridized carbons (Fsp3) is 0.433. The van der Waals surface area contributed by atoms with Crippen LogP contribution >= 0.6 is 0 Å². The molecule has 4 heteroatoms. The highest BCUT2D eigenvalue weighted by molar-refractivity contribution is 5.76. The Balaban J connectivity index is 1.61.